The van der Waals surface area contributed by atoms with Crippen LogP contribution in [0.2, 0.25) is 0 Å². The average Bonchev–Trinajstić information content (AvgIpc) is 3.79. The van der Waals surface area contributed by atoms with Crippen molar-refractivity contribution in [2.24, 2.45) is 29.6 Å². The van der Waals surface area contributed by atoms with Crippen LogP contribution in [0.4, 0.5) is 24.5 Å². The number of H-pyrrole nitrogens is 1. The van der Waals surface area contributed by atoms with E-state index in [2.05, 4.69) is 10.3 Å². The van der Waals surface area contributed by atoms with Gasteiger partial charge in [0, 0.05) is 16.0 Å². The summed E-state index contributed by atoms with van der Waals surface area (Å²) < 4.78 is 45.9. The number of aromatic nitrogens is 1. The van der Waals surface area contributed by atoms with Gasteiger partial charge in [-0.15, -0.1) is 11.8 Å². The fraction of sp³-hybridized carbons (Fsp3) is 0.294. The lowest BCUT2D eigenvalue weighted by atomic mass is 9.68. The van der Waals surface area contributed by atoms with Gasteiger partial charge in [-0.2, -0.15) is 13.2 Å². The standard InChI is InChI=1S/C34H26F3N3O5S2/c35-34(36,37)21-11-4-5-12-22(21)38-23(41)15-45-18-10-6-7-16(13-18)24-25-19-14-20(28(25)46-30-29(24)47-33(44)39-30)27-26(19)31(42)40(32(27)43)17-8-2-1-3-9-17/h1-13,19-20,24-28H,14-15H2,(H,38,41)(H,39,44)/t19-,20-,24-,25?,26?,27?,28?/m1/s1. The largest absolute Gasteiger partial charge is 0.484 e. The lowest BCUT2D eigenvalue weighted by Crippen LogP contribution is -2.42. The number of hydrogen-bond donors (Lipinski definition) is 2. The smallest absolute Gasteiger partial charge is 0.418 e. The molecule has 3 heterocycles. The summed E-state index contributed by atoms with van der Waals surface area (Å²) >= 11 is 2.72. The molecule has 3 fully saturated rings. The number of fused-ring (bicyclic) bond motifs is 9. The molecule has 2 aliphatic heterocycles. The number of nitrogens with one attached hydrogen (secondary N) is 2. The van der Waals surface area contributed by atoms with Crippen LogP contribution in [0.1, 0.15) is 28.3 Å². The first-order valence-electron chi connectivity index (χ1n) is 15.1. The number of aromatic amines is 1. The first kappa shape index (κ1) is 30.0. The van der Waals surface area contributed by atoms with E-state index in [9.17, 15) is 32.3 Å². The summed E-state index contributed by atoms with van der Waals surface area (Å²) in [5, 5.41) is 3.05. The van der Waals surface area contributed by atoms with Crippen LogP contribution in [0, 0.1) is 29.6 Å². The van der Waals surface area contributed by atoms with Gasteiger partial charge in [0.1, 0.15) is 5.75 Å². The summed E-state index contributed by atoms with van der Waals surface area (Å²) in [6.07, 6.45) is -3.89. The van der Waals surface area contributed by atoms with Crippen LogP contribution in [0.3, 0.4) is 0 Å². The van der Waals surface area contributed by atoms with Crippen LogP contribution in [0.15, 0.2) is 88.7 Å². The van der Waals surface area contributed by atoms with Crippen LogP contribution < -0.4 is 19.8 Å². The Kier molecular flexibility index (Phi) is 7.10. The van der Waals surface area contributed by atoms with Crippen molar-refractivity contribution in [2.45, 2.75) is 28.8 Å². The fourth-order valence-electron chi connectivity index (χ4n) is 8.19. The predicted molar refractivity (Wildman–Crippen MR) is 169 cm³/mol. The molecule has 8 rings (SSSR count). The van der Waals surface area contributed by atoms with Gasteiger partial charge >= 0.3 is 11.0 Å². The third-order valence-corrected chi connectivity index (χ3v) is 12.4. The van der Waals surface area contributed by atoms with E-state index in [1.165, 1.54) is 23.1 Å². The lowest BCUT2D eigenvalue weighted by molar-refractivity contribution is -0.137. The molecule has 0 spiro atoms. The van der Waals surface area contributed by atoms with Gasteiger partial charge in [0.25, 0.3) is 5.91 Å². The first-order valence-corrected chi connectivity index (χ1v) is 16.8. The zero-order chi connectivity index (χ0) is 32.6. The van der Waals surface area contributed by atoms with E-state index in [4.69, 9.17) is 4.74 Å². The number of halogens is 3. The van der Waals surface area contributed by atoms with E-state index in [0.717, 1.165) is 39.3 Å². The molecule has 240 valence electrons. The monoisotopic (exact) mass is 677 g/mol. The zero-order valence-electron chi connectivity index (χ0n) is 24.4. The Morgan fingerprint density at radius 1 is 0.936 bits per heavy atom. The molecule has 2 aliphatic carbocycles. The fourth-order valence-corrected chi connectivity index (χ4v) is 11.1. The number of thioether (sulfide) groups is 1. The Balaban J connectivity index is 1.07. The minimum Gasteiger partial charge on any atom is -0.484 e. The Morgan fingerprint density at radius 3 is 2.43 bits per heavy atom. The van der Waals surface area contributed by atoms with Crippen molar-refractivity contribution in [3.05, 3.63) is 105 Å². The normalized spacial score (nSPS) is 27.4. The van der Waals surface area contributed by atoms with Crippen molar-refractivity contribution < 1.29 is 32.3 Å². The number of thiazole rings is 1. The second-order valence-corrected chi connectivity index (χ2v) is 14.5. The number of imide groups is 1. The number of para-hydroxylation sites is 2. The number of rotatable bonds is 6. The number of alkyl halides is 3. The molecule has 8 nitrogen and oxygen atoms in total. The van der Waals surface area contributed by atoms with Crippen LogP contribution in [0.25, 0.3) is 0 Å². The molecular formula is C34H26F3N3O5S2. The maximum absolute atomic E-state index is 13.9. The minimum absolute atomic E-state index is 0.000488. The van der Waals surface area contributed by atoms with E-state index in [-0.39, 0.29) is 51.3 Å². The van der Waals surface area contributed by atoms with Crippen molar-refractivity contribution >= 4 is 52.2 Å². The number of amides is 3. The predicted octanol–water partition coefficient (Wildman–Crippen LogP) is 6.15. The average molecular weight is 678 g/mol. The van der Waals surface area contributed by atoms with E-state index in [0.29, 0.717) is 11.4 Å². The molecule has 2 saturated carbocycles. The molecule has 4 aromatic rings. The number of carbonyl (C=O) groups excluding carboxylic acids is 3. The van der Waals surface area contributed by atoms with Crippen molar-refractivity contribution in [3.63, 3.8) is 0 Å². The van der Waals surface area contributed by atoms with Crippen molar-refractivity contribution in [1.29, 1.82) is 0 Å². The van der Waals surface area contributed by atoms with Crippen molar-refractivity contribution in [2.75, 3.05) is 16.8 Å². The van der Waals surface area contributed by atoms with Crippen molar-refractivity contribution in [1.82, 2.24) is 4.98 Å². The SMILES string of the molecule is O=C(COc1cccc([C@H]2c3sc(=O)[nH]c3SC3C2[C@H]2C[C@@H]3C3C(=O)N(c4ccccc4)C(=O)C32)c1)Nc1ccccc1C(F)(F)F. The Bertz CT molecular complexity index is 1980. The quantitative estimate of drug-likeness (QED) is 0.237. The molecule has 4 unspecified atom stereocenters. The van der Waals surface area contributed by atoms with Gasteiger partial charge in [0.2, 0.25) is 11.8 Å². The molecule has 3 aromatic carbocycles. The first-order chi connectivity index (χ1) is 22.6. The molecule has 3 amide bonds. The van der Waals surface area contributed by atoms with Crippen LogP contribution in [-0.4, -0.2) is 34.6 Å². The summed E-state index contributed by atoms with van der Waals surface area (Å²) in [4.78, 5) is 57.9. The van der Waals surface area contributed by atoms with Gasteiger partial charge in [-0.25, -0.2) is 0 Å². The van der Waals surface area contributed by atoms with Crippen LogP contribution in [0.5, 0.6) is 5.75 Å². The van der Waals surface area contributed by atoms with Gasteiger partial charge in [-0.3, -0.25) is 24.1 Å². The zero-order valence-corrected chi connectivity index (χ0v) is 26.0. The van der Waals surface area contributed by atoms with E-state index >= 15 is 0 Å². The highest BCUT2D eigenvalue weighted by Crippen LogP contribution is 2.68. The van der Waals surface area contributed by atoms with Gasteiger partial charge in [0.15, 0.2) is 6.61 Å². The summed E-state index contributed by atoms with van der Waals surface area (Å²) in [6, 6.07) is 20.8. The van der Waals surface area contributed by atoms with Gasteiger partial charge < -0.3 is 15.0 Å². The molecular weight excluding hydrogens is 652 g/mol. The minimum atomic E-state index is -4.63. The number of nitrogens with zero attached hydrogens (tertiary/aromatic N) is 1. The van der Waals surface area contributed by atoms with E-state index < -0.39 is 36.1 Å². The summed E-state index contributed by atoms with van der Waals surface area (Å²) in [5.74, 6) is -2.02. The topological polar surface area (TPSA) is 109 Å². The molecule has 2 N–H and O–H groups in total. The maximum atomic E-state index is 13.9. The number of hydrogen-bond acceptors (Lipinski definition) is 7. The van der Waals surface area contributed by atoms with E-state index in [1.54, 1.807) is 54.2 Å². The lowest BCUT2D eigenvalue weighted by Gasteiger charge is -2.43. The third kappa shape index (κ3) is 4.89. The summed E-state index contributed by atoms with van der Waals surface area (Å²) in [7, 11) is 0. The summed E-state index contributed by atoms with van der Waals surface area (Å²) in [6.45, 7) is -0.522. The third-order valence-electron chi connectivity index (χ3n) is 9.83. The second-order valence-electron chi connectivity index (χ2n) is 12.3. The van der Waals surface area contributed by atoms with Crippen LogP contribution >= 0.6 is 23.1 Å². The molecule has 13 heteroatoms. The molecule has 47 heavy (non-hydrogen) atoms. The molecule has 1 saturated heterocycles. The number of carbonyl (C=O) groups is 3. The van der Waals surface area contributed by atoms with Crippen LogP contribution in [-0.2, 0) is 20.6 Å². The number of benzene rings is 3. The molecule has 1 aromatic heterocycles. The second kappa shape index (κ2) is 11.1. The highest BCUT2D eigenvalue weighted by atomic mass is 32.2. The Hall–Kier alpha value is -4.36. The Morgan fingerprint density at radius 2 is 1.66 bits per heavy atom. The highest BCUT2D eigenvalue weighted by molar-refractivity contribution is 8.00. The number of ether oxygens (including phenoxy) is 1. The highest BCUT2D eigenvalue weighted by Gasteiger charge is 2.69. The van der Waals surface area contributed by atoms with Gasteiger partial charge in [-0.1, -0.05) is 53.8 Å². The molecule has 2 bridgehead atoms. The maximum Gasteiger partial charge on any atom is 0.418 e. The Labute approximate surface area is 274 Å². The van der Waals surface area contributed by atoms with Crippen molar-refractivity contribution in [3.8, 4) is 5.75 Å². The molecule has 4 aliphatic rings. The number of anilines is 2. The summed E-state index contributed by atoms with van der Waals surface area (Å²) in [5.41, 5.74) is 0.0905. The molecule has 0 radical (unpaired) electrons. The van der Waals surface area contributed by atoms with Gasteiger partial charge in [0.05, 0.1) is 33.8 Å². The molecule has 7 atom stereocenters. The van der Waals surface area contributed by atoms with E-state index in [1.807, 2.05) is 12.1 Å². The van der Waals surface area contributed by atoms with Gasteiger partial charge in [-0.05, 0) is 66.1 Å².